The lowest BCUT2D eigenvalue weighted by Crippen LogP contribution is -2.39. The zero-order valence-corrected chi connectivity index (χ0v) is 17.8. The van der Waals surface area contributed by atoms with E-state index >= 15 is 0 Å². The molecule has 0 aliphatic carbocycles. The summed E-state index contributed by atoms with van der Waals surface area (Å²) in [6.45, 7) is 7.52. The van der Waals surface area contributed by atoms with Gasteiger partial charge in [0.15, 0.2) is 5.96 Å². The van der Waals surface area contributed by atoms with Crippen molar-refractivity contribution in [1.29, 1.82) is 0 Å². The molecule has 160 valence electrons. The van der Waals surface area contributed by atoms with E-state index in [0.29, 0.717) is 31.2 Å². The summed E-state index contributed by atoms with van der Waals surface area (Å²) >= 11 is 0. The van der Waals surface area contributed by atoms with Crippen LogP contribution in [0.3, 0.4) is 0 Å². The van der Waals surface area contributed by atoms with Crippen LogP contribution in [0.1, 0.15) is 25.2 Å². The second-order valence-electron chi connectivity index (χ2n) is 6.37. The van der Waals surface area contributed by atoms with E-state index in [4.69, 9.17) is 0 Å². The van der Waals surface area contributed by atoms with Crippen molar-refractivity contribution in [3.63, 3.8) is 0 Å². The van der Waals surface area contributed by atoms with Gasteiger partial charge < -0.3 is 15.2 Å². The van der Waals surface area contributed by atoms with E-state index in [2.05, 4.69) is 30.5 Å². The predicted octanol–water partition coefficient (Wildman–Crippen LogP) is 1.29. The first kappa shape index (κ1) is 22.6. The molecule has 1 aromatic carbocycles. The van der Waals surface area contributed by atoms with Gasteiger partial charge in [0.2, 0.25) is 10.0 Å². The van der Waals surface area contributed by atoms with Crippen LogP contribution < -0.4 is 15.4 Å². The van der Waals surface area contributed by atoms with E-state index < -0.39 is 15.8 Å². The molecule has 29 heavy (non-hydrogen) atoms. The minimum Gasteiger partial charge on any atom is -0.357 e. The Morgan fingerprint density at radius 2 is 2.07 bits per heavy atom. The zero-order valence-electron chi connectivity index (χ0n) is 16.9. The van der Waals surface area contributed by atoms with Crippen molar-refractivity contribution in [2.75, 3.05) is 30.1 Å². The number of halogens is 1. The Bertz CT molecular complexity index is 928. The quantitative estimate of drug-likeness (QED) is 0.390. The maximum Gasteiger partial charge on any atom is 0.234 e. The minimum absolute atomic E-state index is 0.0614. The molecule has 0 aliphatic rings. The van der Waals surface area contributed by atoms with Crippen molar-refractivity contribution in [2.45, 2.75) is 33.7 Å². The van der Waals surface area contributed by atoms with Gasteiger partial charge in [-0.05, 0) is 31.5 Å². The van der Waals surface area contributed by atoms with Crippen LogP contribution in [-0.4, -0.2) is 54.5 Å². The standard InChI is InChI=1S/C18H28FN7O2S/c1-4-17-24-23-13-26(17)10-8-21-18(20-5-2)22-9-11-29(27,28)25-15-7-6-14(3)16(19)12-15/h6-7,12-13,25H,4-5,8-11H2,1-3H3,(H2,20,21,22). The second kappa shape index (κ2) is 10.7. The van der Waals surface area contributed by atoms with Gasteiger partial charge in [0, 0.05) is 26.1 Å². The van der Waals surface area contributed by atoms with Crippen molar-refractivity contribution in [3.8, 4) is 0 Å². The monoisotopic (exact) mass is 425 g/mol. The van der Waals surface area contributed by atoms with Crippen LogP contribution in [0.25, 0.3) is 0 Å². The molecular weight excluding hydrogens is 397 g/mol. The average molecular weight is 426 g/mol. The third-order valence-electron chi connectivity index (χ3n) is 4.08. The maximum absolute atomic E-state index is 13.6. The van der Waals surface area contributed by atoms with Gasteiger partial charge in [0.25, 0.3) is 0 Å². The van der Waals surface area contributed by atoms with Gasteiger partial charge in [-0.15, -0.1) is 10.2 Å². The first-order valence-electron chi connectivity index (χ1n) is 9.50. The molecule has 0 fully saturated rings. The van der Waals surface area contributed by atoms with Crippen LogP contribution in [0.2, 0.25) is 0 Å². The number of anilines is 1. The van der Waals surface area contributed by atoms with Crippen molar-refractivity contribution in [3.05, 3.63) is 41.7 Å². The fraction of sp³-hybridized carbons (Fsp3) is 0.500. The highest BCUT2D eigenvalue weighted by Crippen LogP contribution is 2.14. The first-order valence-corrected chi connectivity index (χ1v) is 11.1. The number of rotatable bonds is 10. The van der Waals surface area contributed by atoms with Crippen LogP contribution in [0.5, 0.6) is 0 Å². The maximum atomic E-state index is 13.6. The number of nitrogens with zero attached hydrogens (tertiary/aromatic N) is 4. The molecule has 0 spiro atoms. The Balaban J connectivity index is 1.87. The molecule has 0 radical (unpaired) electrons. The fourth-order valence-electron chi connectivity index (χ4n) is 2.54. The van der Waals surface area contributed by atoms with Gasteiger partial charge in [0.1, 0.15) is 18.0 Å². The lowest BCUT2D eigenvalue weighted by molar-refractivity contribution is 0.600. The van der Waals surface area contributed by atoms with Crippen molar-refractivity contribution in [1.82, 2.24) is 25.4 Å². The average Bonchev–Trinajstić information content (AvgIpc) is 3.12. The van der Waals surface area contributed by atoms with E-state index in [1.165, 1.54) is 12.1 Å². The highest BCUT2D eigenvalue weighted by molar-refractivity contribution is 7.92. The molecule has 0 saturated heterocycles. The predicted molar refractivity (Wildman–Crippen MR) is 112 cm³/mol. The zero-order chi connectivity index (χ0) is 21.3. The molecule has 3 N–H and O–H groups in total. The summed E-state index contributed by atoms with van der Waals surface area (Å²) in [6, 6.07) is 4.22. The van der Waals surface area contributed by atoms with Crippen molar-refractivity contribution >= 4 is 21.7 Å². The summed E-state index contributed by atoms with van der Waals surface area (Å²) < 4.78 is 42.3. The van der Waals surface area contributed by atoms with Gasteiger partial charge in [-0.2, -0.15) is 0 Å². The Hall–Kier alpha value is -2.69. The molecule has 9 nitrogen and oxygen atoms in total. The Morgan fingerprint density at radius 3 is 2.76 bits per heavy atom. The second-order valence-corrected chi connectivity index (χ2v) is 8.21. The summed E-state index contributed by atoms with van der Waals surface area (Å²) in [5, 5.41) is 14.2. The smallest absolute Gasteiger partial charge is 0.234 e. The number of hydrogen-bond donors (Lipinski definition) is 3. The van der Waals surface area contributed by atoms with Gasteiger partial charge in [-0.25, -0.2) is 12.8 Å². The molecule has 1 aromatic heterocycles. The highest BCUT2D eigenvalue weighted by atomic mass is 32.2. The lowest BCUT2D eigenvalue weighted by Gasteiger charge is -2.12. The number of benzene rings is 1. The molecule has 1 heterocycles. The molecule has 0 unspecified atom stereocenters. The molecule has 0 amide bonds. The number of aliphatic imine (C=N–C) groups is 1. The normalized spacial score (nSPS) is 12.1. The molecule has 2 aromatic rings. The summed E-state index contributed by atoms with van der Waals surface area (Å²) in [4.78, 5) is 4.29. The molecule has 0 saturated carbocycles. The van der Waals surface area contributed by atoms with Gasteiger partial charge in [0.05, 0.1) is 18.0 Å². The van der Waals surface area contributed by atoms with Gasteiger partial charge in [-0.1, -0.05) is 13.0 Å². The molecule has 0 bridgehead atoms. The number of sulfonamides is 1. The van der Waals surface area contributed by atoms with Crippen LogP contribution >= 0.6 is 0 Å². The third kappa shape index (κ3) is 7.33. The third-order valence-corrected chi connectivity index (χ3v) is 5.34. The number of aryl methyl sites for hydroxylation is 2. The van der Waals surface area contributed by atoms with Gasteiger partial charge >= 0.3 is 0 Å². The van der Waals surface area contributed by atoms with Crippen molar-refractivity contribution < 1.29 is 12.8 Å². The highest BCUT2D eigenvalue weighted by Gasteiger charge is 2.11. The Labute approximate surface area is 170 Å². The topological polar surface area (TPSA) is 113 Å². The molecule has 0 atom stereocenters. The van der Waals surface area contributed by atoms with E-state index in [-0.39, 0.29) is 18.0 Å². The molecular formula is C18H28FN7O2S. The summed E-state index contributed by atoms with van der Waals surface area (Å²) in [6.07, 6.45) is 2.47. The summed E-state index contributed by atoms with van der Waals surface area (Å²) in [7, 11) is -3.64. The Morgan fingerprint density at radius 1 is 1.28 bits per heavy atom. The van der Waals surface area contributed by atoms with Crippen molar-refractivity contribution in [2.24, 2.45) is 4.99 Å². The first-order chi connectivity index (χ1) is 13.8. The molecule has 11 heteroatoms. The van der Waals surface area contributed by atoms with Crippen LogP contribution in [-0.2, 0) is 23.0 Å². The van der Waals surface area contributed by atoms with E-state index in [0.717, 1.165) is 18.3 Å². The van der Waals surface area contributed by atoms with E-state index in [1.807, 2.05) is 18.4 Å². The van der Waals surface area contributed by atoms with Gasteiger partial charge in [-0.3, -0.25) is 9.71 Å². The number of nitrogens with one attached hydrogen (secondary N) is 3. The summed E-state index contributed by atoms with van der Waals surface area (Å²) in [5.41, 5.74) is 0.652. The largest absolute Gasteiger partial charge is 0.357 e. The Kier molecular flexibility index (Phi) is 8.37. The number of hydrogen-bond acceptors (Lipinski definition) is 5. The summed E-state index contributed by atoms with van der Waals surface area (Å²) in [5.74, 6) is 0.750. The fourth-order valence-corrected chi connectivity index (χ4v) is 3.46. The minimum atomic E-state index is -3.64. The molecule has 2 rings (SSSR count). The molecule has 0 aliphatic heterocycles. The van der Waals surface area contributed by atoms with Crippen LogP contribution in [0.15, 0.2) is 29.5 Å². The van der Waals surface area contributed by atoms with E-state index in [1.54, 1.807) is 13.3 Å². The number of guanidine groups is 1. The lowest BCUT2D eigenvalue weighted by atomic mass is 10.2. The SMILES string of the molecule is CCNC(=NCCS(=O)(=O)Nc1ccc(C)c(F)c1)NCCn1cnnc1CC. The van der Waals surface area contributed by atoms with E-state index in [9.17, 15) is 12.8 Å². The van der Waals surface area contributed by atoms with Crippen LogP contribution in [0.4, 0.5) is 10.1 Å². The van der Waals surface area contributed by atoms with Crippen LogP contribution in [0, 0.1) is 12.7 Å². The number of aromatic nitrogens is 3.